The van der Waals surface area contributed by atoms with Crippen molar-refractivity contribution in [1.29, 1.82) is 0 Å². The molecule has 0 bridgehead atoms. The molecule has 0 radical (unpaired) electrons. The molecule has 0 spiro atoms. The zero-order valence-electron chi connectivity index (χ0n) is 15.3. The normalized spacial score (nSPS) is 14.0. The molecule has 1 aliphatic heterocycles. The van der Waals surface area contributed by atoms with Crippen LogP contribution >= 0.6 is 11.8 Å². The Bertz CT molecular complexity index is 1000. The highest BCUT2D eigenvalue weighted by Crippen LogP contribution is 2.39. The topological polar surface area (TPSA) is 75.4 Å². The predicted octanol–water partition coefficient (Wildman–Crippen LogP) is 3.53. The van der Waals surface area contributed by atoms with Gasteiger partial charge in [-0.25, -0.2) is 4.98 Å². The first-order chi connectivity index (χ1) is 13.6. The number of nitrogens with zero attached hydrogens (tertiary/aromatic N) is 2. The quantitative estimate of drug-likeness (QED) is 0.718. The van der Waals surface area contributed by atoms with E-state index in [0.717, 1.165) is 10.7 Å². The molecule has 4 rings (SSSR count). The Labute approximate surface area is 166 Å². The summed E-state index contributed by atoms with van der Waals surface area (Å²) < 4.78 is 5.33. The molecule has 142 valence electrons. The van der Waals surface area contributed by atoms with Crippen molar-refractivity contribution in [3.05, 3.63) is 72.3 Å². The Hall–Kier alpha value is -3.06. The van der Waals surface area contributed by atoms with Gasteiger partial charge in [-0.1, -0.05) is 23.9 Å². The molecule has 0 fully saturated rings. The van der Waals surface area contributed by atoms with Gasteiger partial charge in [0.25, 0.3) is 5.91 Å². The minimum atomic E-state index is -0.227. The summed E-state index contributed by atoms with van der Waals surface area (Å²) in [5.74, 6) is 0.356. The van der Waals surface area contributed by atoms with Gasteiger partial charge in [-0.3, -0.25) is 14.5 Å². The summed E-state index contributed by atoms with van der Waals surface area (Å²) in [6, 6.07) is 14.6. The predicted molar refractivity (Wildman–Crippen MR) is 106 cm³/mol. The summed E-state index contributed by atoms with van der Waals surface area (Å²) in [6.07, 6.45) is 3.87. The molecular formula is C21H19N3O3S. The Morgan fingerprint density at radius 1 is 1.21 bits per heavy atom. The van der Waals surface area contributed by atoms with Gasteiger partial charge in [0.1, 0.15) is 17.3 Å². The molecule has 3 heterocycles. The van der Waals surface area contributed by atoms with Crippen LogP contribution in [0.3, 0.4) is 0 Å². The first-order valence-corrected chi connectivity index (χ1v) is 9.79. The van der Waals surface area contributed by atoms with E-state index in [-0.39, 0.29) is 24.4 Å². The van der Waals surface area contributed by atoms with Crippen molar-refractivity contribution in [2.45, 2.75) is 29.3 Å². The van der Waals surface area contributed by atoms with Gasteiger partial charge in [0.2, 0.25) is 5.91 Å². The van der Waals surface area contributed by atoms with Gasteiger partial charge in [-0.15, -0.1) is 0 Å². The molecular weight excluding hydrogens is 374 g/mol. The number of carbonyl (C=O) groups is 2. The molecule has 0 aliphatic carbocycles. The lowest BCUT2D eigenvalue weighted by molar-refractivity contribution is -0.120. The van der Waals surface area contributed by atoms with Gasteiger partial charge in [0, 0.05) is 23.6 Å². The third-order valence-corrected chi connectivity index (χ3v) is 5.49. The monoisotopic (exact) mass is 393 g/mol. The Kier molecular flexibility index (Phi) is 5.16. The fourth-order valence-corrected chi connectivity index (χ4v) is 4.18. The average Bonchev–Trinajstić information content (AvgIpc) is 3.15. The van der Waals surface area contributed by atoms with Crippen molar-refractivity contribution in [2.75, 3.05) is 11.4 Å². The van der Waals surface area contributed by atoms with E-state index in [9.17, 15) is 9.59 Å². The van der Waals surface area contributed by atoms with Crippen molar-refractivity contribution >= 4 is 29.3 Å². The lowest BCUT2D eigenvalue weighted by Gasteiger charge is -2.23. The molecule has 28 heavy (non-hydrogen) atoms. The minimum absolute atomic E-state index is 0.0623. The first kappa shape index (κ1) is 18.3. The largest absolute Gasteiger partial charge is 0.469 e. The van der Waals surface area contributed by atoms with Crippen LogP contribution in [0.4, 0.5) is 5.69 Å². The van der Waals surface area contributed by atoms with Gasteiger partial charge in [-0.2, -0.15) is 0 Å². The SMILES string of the molecule is C[C@H](Cc1ccco1)NC(=O)CN1C(=O)c2cccnc2Sc2ccccc21. The van der Waals surface area contributed by atoms with Crippen LogP contribution in [0.5, 0.6) is 0 Å². The van der Waals surface area contributed by atoms with E-state index >= 15 is 0 Å². The van der Waals surface area contributed by atoms with Crippen molar-refractivity contribution in [3.8, 4) is 0 Å². The number of furan rings is 1. The summed E-state index contributed by atoms with van der Waals surface area (Å²) in [7, 11) is 0. The summed E-state index contributed by atoms with van der Waals surface area (Å²) in [4.78, 5) is 32.6. The van der Waals surface area contributed by atoms with E-state index in [0.29, 0.717) is 22.7 Å². The Balaban J connectivity index is 1.55. The van der Waals surface area contributed by atoms with Crippen molar-refractivity contribution in [3.63, 3.8) is 0 Å². The highest BCUT2D eigenvalue weighted by molar-refractivity contribution is 7.99. The zero-order chi connectivity index (χ0) is 19.5. The summed E-state index contributed by atoms with van der Waals surface area (Å²) in [5, 5.41) is 3.59. The molecule has 1 atom stereocenters. The van der Waals surface area contributed by atoms with Gasteiger partial charge >= 0.3 is 0 Å². The van der Waals surface area contributed by atoms with Crippen LogP contribution in [0.2, 0.25) is 0 Å². The number of benzene rings is 1. The van der Waals surface area contributed by atoms with E-state index in [1.165, 1.54) is 16.7 Å². The number of anilines is 1. The Morgan fingerprint density at radius 3 is 2.89 bits per heavy atom. The number of aromatic nitrogens is 1. The number of fused-ring (bicyclic) bond motifs is 2. The number of hydrogen-bond acceptors (Lipinski definition) is 5. The van der Waals surface area contributed by atoms with Crippen LogP contribution in [0, 0.1) is 0 Å². The van der Waals surface area contributed by atoms with Gasteiger partial charge < -0.3 is 9.73 Å². The molecule has 0 saturated heterocycles. The number of pyridine rings is 1. The molecule has 0 unspecified atom stereocenters. The highest BCUT2D eigenvalue weighted by Gasteiger charge is 2.29. The van der Waals surface area contributed by atoms with Crippen LogP contribution < -0.4 is 10.2 Å². The van der Waals surface area contributed by atoms with Gasteiger partial charge in [0.15, 0.2) is 0 Å². The van der Waals surface area contributed by atoms with Crippen LogP contribution in [0.25, 0.3) is 0 Å². The number of hydrogen-bond donors (Lipinski definition) is 1. The van der Waals surface area contributed by atoms with Crippen LogP contribution in [-0.4, -0.2) is 29.4 Å². The average molecular weight is 393 g/mol. The highest BCUT2D eigenvalue weighted by atomic mass is 32.2. The second kappa shape index (κ2) is 7.90. The number of carbonyl (C=O) groups excluding carboxylic acids is 2. The second-order valence-electron chi connectivity index (χ2n) is 6.57. The molecule has 1 aromatic carbocycles. The number of para-hydroxylation sites is 1. The van der Waals surface area contributed by atoms with E-state index < -0.39 is 0 Å². The molecule has 3 aromatic rings. The van der Waals surface area contributed by atoms with E-state index in [2.05, 4.69) is 10.3 Å². The van der Waals surface area contributed by atoms with Crippen LogP contribution in [0.15, 0.2) is 75.3 Å². The smallest absolute Gasteiger partial charge is 0.261 e. The fraction of sp³-hybridized carbons (Fsp3) is 0.190. The first-order valence-electron chi connectivity index (χ1n) is 8.97. The molecule has 1 aliphatic rings. The van der Waals surface area contributed by atoms with Gasteiger partial charge in [0.05, 0.1) is 17.5 Å². The van der Waals surface area contributed by atoms with E-state index in [1.54, 1.807) is 24.6 Å². The lowest BCUT2D eigenvalue weighted by Crippen LogP contribution is -2.44. The van der Waals surface area contributed by atoms with Crippen molar-refractivity contribution < 1.29 is 14.0 Å². The molecule has 6 nitrogen and oxygen atoms in total. The summed E-state index contributed by atoms with van der Waals surface area (Å²) >= 11 is 1.44. The van der Waals surface area contributed by atoms with Crippen molar-refractivity contribution in [2.24, 2.45) is 0 Å². The van der Waals surface area contributed by atoms with E-state index in [4.69, 9.17) is 4.42 Å². The minimum Gasteiger partial charge on any atom is -0.469 e. The third-order valence-electron chi connectivity index (χ3n) is 4.41. The van der Waals surface area contributed by atoms with Gasteiger partial charge in [-0.05, 0) is 43.3 Å². The van der Waals surface area contributed by atoms with Crippen LogP contribution in [-0.2, 0) is 11.2 Å². The van der Waals surface area contributed by atoms with Crippen molar-refractivity contribution in [1.82, 2.24) is 10.3 Å². The maximum Gasteiger partial charge on any atom is 0.261 e. The zero-order valence-corrected chi connectivity index (χ0v) is 16.1. The maximum atomic E-state index is 13.2. The molecule has 7 heteroatoms. The van der Waals surface area contributed by atoms with Crippen LogP contribution in [0.1, 0.15) is 23.0 Å². The molecule has 2 amide bonds. The number of nitrogens with one attached hydrogen (secondary N) is 1. The summed E-state index contributed by atoms with van der Waals surface area (Å²) in [6.45, 7) is 1.85. The lowest BCUT2D eigenvalue weighted by atomic mass is 10.2. The number of rotatable bonds is 5. The molecule has 1 N–H and O–H groups in total. The Morgan fingerprint density at radius 2 is 2.07 bits per heavy atom. The third kappa shape index (κ3) is 3.80. The maximum absolute atomic E-state index is 13.2. The van der Waals surface area contributed by atoms with E-state index in [1.807, 2.05) is 43.3 Å². The second-order valence-corrected chi connectivity index (χ2v) is 7.60. The fourth-order valence-electron chi connectivity index (χ4n) is 3.16. The molecule has 0 saturated carbocycles. The summed E-state index contributed by atoms with van der Waals surface area (Å²) in [5.41, 5.74) is 1.21. The molecule has 2 aromatic heterocycles. The number of amides is 2. The standard InChI is InChI=1S/C21H19N3O3S/c1-14(12-15-6-5-11-27-15)23-19(25)13-24-17-8-2-3-9-18(17)28-20-16(21(24)26)7-4-10-22-20/h2-11,14H,12-13H2,1H3,(H,23,25)/t14-/m1/s1.